The second kappa shape index (κ2) is 4.54. The second-order valence-electron chi connectivity index (χ2n) is 3.56. The molecule has 0 aliphatic carbocycles. The van der Waals surface area contributed by atoms with Crippen LogP contribution < -0.4 is 5.73 Å². The maximum Gasteiger partial charge on any atom is 0.176 e. The third kappa shape index (κ3) is 2.04. The van der Waals surface area contributed by atoms with Crippen LogP contribution >= 0.6 is 23.3 Å². The van der Waals surface area contributed by atoms with Gasteiger partial charge in [-0.3, -0.25) is 0 Å². The molecule has 92 valence electrons. The van der Waals surface area contributed by atoms with Gasteiger partial charge in [-0.1, -0.05) is 6.92 Å². The molecule has 0 radical (unpaired) electrons. The number of aromatic nitrogens is 5. The van der Waals surface area contributed by atoms with Crippen molar-refractivity contribution in [3.8, 4) is 0 Å². The lowest BCUT2D eigenvalue weighted by molar-refractivity contribution is 0.969. The van der Waals surface area contributed by atoms with Gasteiger partial charge in [-0.15, -0.1) is 0 Å². The maximum atomic E-state index is 5.76. The number of fused-ring (bicyclic) bond motifs is 1. The Morgan fingerprint density at radius 3 is 3.11 bits per heavy atom. The fourth-order valence-corrected chi connectivity index (χ4v) is 3.21. The van der Waals surface area contributed by atoms with Crippen LogP contribution in [-0.4, -0.2) is 23.7 Å². The smallest absolute Gasteiger partial charge is 0.176 e. The fourth-order valence-electron chi connectivity index (χ4n) is 1.50. The van der Waals surface area contributed by atoms with E-state index in [-0.39, 0.29) is 0 Å². The summed E-state index contributed by atoms with van der Waals surface area (Å²) in [6, 6.07) is 0. The summed E-state index contributed by atoms with van der Waals surface area (Å²) < 4.78 is 6.95. The highest BCUT2D eigenvalue weighted by Crippen LogP contribution is 2.30. The van der Waals surface area contributed by atoms with Gasteiger partial charge in [-0.05, 0) is 23.3 Å². The predicted molar refractivity (Wildman–Crippen MR) is 70.8 cm³/mol. The van der Waals surface area contributed by atoms with Gasteiger partial charge < -0.3 is 10.1 Å². The summed E-state index contributed by atoms with van der Waals surface area (Å²) in [5, 5.41) is 0.749. The van der Waals surface area contributed by atoms with Crippen LogP contribution in [0.15, 0.2) is 28.0 Å². The molecule has 3 heterocycles. The molecule has 3 aromatic rings. The van der Waals surface area contributed by atoms with Crippen molar-refractivity contribution in [1.29, 1.82) is 0 Å². The van der Waals surface area contributed by atoms with Gasteiger partial charge in [0.2, 0.25) is 0 Å². The zero-order valence-corrected chi connectivity index (χ0v) is 11.2. The SMILES string of the molecule is CCc1nsc(Sc2nc(N)cn3ccnc23)n1. The number of rotatable bonds is 3. The molecular weight excluding hydrogens is 268 g/mol. The molecule has 0 unspecified atom stereocenters. The molecule has 3 aromatic heterocycles. The molecule has 0 saturated heterocycles. The lowest BCUT2D eigenvalue weighted by Crippen LogP contribution is -1.97. The van der Waals surface area contributed by atoms with Crippen LogP contribution in [0.3, 0.4) is 0 Å². The van der Waals surface area contributed by atoms with E-state index in [2.05, 4.69) is 19.3 Å². The van der Waals surface area contributed by atoms with Gasteiger partial charge in [-0.25, -0.2) is 15.0 Å². The van der Waals surface area contributed by atoms with Crippen LogP contribution in [0.5, 0.6) is 0 Å². The largest absolute Gasteiger partial charge is 0.382 e. The quantitative estimate of drug-likeness (QED) is 0.787. The maximum absolute atomic E-state index is 5.76. The van der Waals surface area contributed by atoms with Crippen molar-refractivity contribution in [2.24, 2.45) is 0 Å². The first-order chi connectivity index (χ1) is 8.76. The Bertz CT molecular complexity index is 689. The zero-order valence-electron chi connectivity index (χ0n) is 9.57. The van der Waals surface area contributed by atoms with E-state index in [1.807, 2.05) is 17.5 Å². The predicted octanol–water partition coefficient (Wildman–Crippen LogP) is 1.88. The minimum Gasteiger partial charge on any atom is -0.382 e. The summed E-state index contributed by atoms with van der Waals surface area (Å²) in [7, 11) is 0. The monoisotopic (exact) mass is 278 g/mol. The van der Waals surface area contributed by atoms with Crippen LogP contribution in [0.2, 0.25) is 0 Å². The van der Waals surface area contributed by atoms with Gasteiger partial charge in [-0.2, -0.15) is 4.37 Å². The highest BCUT2D eigenvalue weighted by molar-refractivity contribution is 8.01. The van der Waals surface area contributed by atoms with E-state index >= 15 is 0 Å². The van der Waals surface area contributed by atoms with E-state index in [1.54, 1.807) is 12.4 Å². The molecule has 6 nitrogen and oxygen atoms in total. The molecule has 8 heteroatoms. The Labute approximate surface area is 111 Å². The summed E-state index contributed by atoms with van der Waals surface area (Å²) in [6.45, 7) is 2.03. The number of hydrogen-bond donors (Lipinski definition) is 1. The Kier molecular flexibility index (Phi) is 2.88. The van der Waals surface area contributed by atoms with Crippen molar-refractivity contribution in [3.63, 3.8) is 0 Å². The minimum atomic E-state index is 0.461. The molecule has 2 N–H and O–H groups in total. The van der Waals surface area contributed by atoms with Crippen molar-refractivity contribution in [1.82, 2.24) is 23.7 Å². The number of hydrogen-bond acceptors (Lipinski definition) is 7. The summed E-state index contributed by atoms with van der Waals surface area (Å²) in [4.78, 5) is 13.0. The van der Waals surface area contributed by atoms with Crippen molar-refractivity contribution in [3.05, 3.63) is 24.4 Å². The van der Waals surface area contributed by atoms with E-state index in [9.17, 15) is 0 Å². The van der Waals surface area contributed by atoms with Crippen LogP contribution in [-0.2, 0) is 6.42 Å². The van der Waals surface area contributed by atoms with Crippen LogP contribution in [0.4, 0.5) is 5.82 Å². The van der Waals surface area contributed by atoms with Crippen LogP contribution in [0, 0.1) is 0 Å². The first-order valence-electron chi connectivity index (χ1n) is 5.36. The van der Waals surface area contributed by atoms with Gasteiger partial charge >= 0.3 is 0 Å². The van der Waals surface area contributed by atoms with E-state index in [0.717, 1.165) is 27.3 Å². The summed E-state index contributed by atoms with van der Waals surface area (Å²) >= 11 is 2.81. The molecule has 0 fully saturated rings. The molecule has 0 aromatic carbocycles. The first-order valence-corrected chi connectivity index (χ1v) is 6.95. The molecule has 0 aliphatic heterocycles. The third-order valence-corrected chi connectivity index (χ3v) is 4.07. The lowest BCUT2D eigenvalue weighted by Gasteiger charge is -2.01. The van der Waals surface area contributed by atoms with E-state index in [1.165, 1.54) is 23.3 Å². The molecule has 0 saturated carbocycles. The van der Waals surface area contributed by atoms with Gasteiger partial charge in [0.25, 0.3) is 0 Å². The topological polar surface area (TPSA) is 82.0 Å². The highest BCUT2D eigenvalue weighted by atomic mass is 32.2. The molecule has 18 heavy (non-hydrogen) atoms. The standard InChI is InChI=1S/C10H10N6S2/c1-2-7-14-10(18-15-7)17-9-8-12-3-4-16(8)5-6(11)13-9/h3-5H,2,11H2,1H3. The molecule has 0 amide bonds. The van der Waals surface area contributed by atoms with Gasteiger partial charge in [0.05, 0.1) is 6.20 Å². The number of nitrogens with zero attached hydrogens (tertiary/aromatic N) is 5. The third-order valence-electron chi connectivity index (χ3n) is 2.31. The number of anilines is 1. The van der Waals surface area contributed by atoms with Crippen molar-refractivity contribution >= 4 is 34.8 Å². The molecule has 0 aliphatic rings. The summed E-state index contributed by atoms with van der Waals surface area (Å²) in [5.74, 6) is 1.31. The highest BCUT2D eigenvalue weighted by Gasteiger charge is 2.11. The van der Waals surface area contributed by atoms with E-state index in [4.69, 9.17) is 5.73 Å². The Morgan fingerprint density at radius 1 is 1.44 bits per heavy atom. The van der Waals surface area contributed by atoms with Crippen LogP contribution in [0.1, 0.15) is 12.7 Å². The van der Waals surface area contributed by atoms with Crippen molar-refractivity contribution in [2.45, 2.75) is 22.7 Å². The number of nitrogens with two attached hydrogens (primary N) is 1. The molecular formula is C10H10N6S2. The number of aryl methyl sites for hydroxylation is 1. The average molecular weight is 278 g/mol. The zero-order chi connectivity index (χ0) is 12.5. The number of nitrogen functional groups attached to an aromatic ring is 1. The minimum absolute atomic E-state index is 0.461. The van der Waals surface area contributed by atoms with Gasteiger partial charge in [0.15, 0.2) is 9.99 Å². The fraction of sp³-hybridized carbons (Fsp3) is 0.200. The van der Waals surface area contributed by atoms with Crippen molar-refractivity contribution in [2.75, 3.05) is 5.73 Å². The summed E-state index contributed by atoms with van der Waals surface area (Å²) in [5.41, 5.74) is 6.54. The Morgan fingerprint density at radius 2 is 2.33 bits per heavy atom. The average Bonchev–Trinajstić information content (AvgIpc) is 2.97. The van der Waals surface area contributed by atoms with E-state index < -0.39 is 0 Å². The van der Waals surface area contributed by atoms with E-state index in [0.29, 0.717) is 5.82 Å². The van der Waals surface area contributed by atoms with Gasteiger partial charge in [0, 0.05) is 18.8 Å². The Hall–Kier alpha value is -1.67. The second-order valence-corrected chi connectivity index (χ2v) is 5.55. The lowest BCUT2D eigenvalue weighted by atomic mass is 10.5. The summed E-state index contributed by atoms with van der Waals surface area (Å²) in [6.07, 6.45) is 6.14. The normalized spacial score (nSPS) is 11.2. The molecule has 0 atom stereocenters. The van der Waals surface area contributed by atoms with Crippen LogP contribution in [0.25, 0.3) is 5.65 Å². The molecule has 0 bridgehead atoms. The number of imidazole rings is 1. The van der Waals surface area contributed by atoms with Gasteiger partial charge in [0.1, 0.15) is 16.7 Å². The Balaban J connectivity index is 2.00. The first kappa shape index (κ1) is 11.4. The van der Waals surface area contributed by atoms with Crippen molar-refractivity contribution < 1.29 is 0 Å². The molecule has 3 rings (SSSR count). The molecule has 0 spiro atoms.